The molecule has 236 valence electrons. The Balaban J connectivity index is 0.000000501. The van der Waals surface area contributed by atoms with Crippen molar-refractivity contribution in [2.45, 2.75) is 58.3 Å². The van der Waals surface area contributed by atoms with E-state index in [1.807, 2.05) is 50.5 Å². The highest BCUT2D eigenvalue weighted by Gasteiger charge is 2.27. The smallest absolute Gasteiger partial charge is 0.223 e. The number of unbranched alkanes of at least 4 members (excludes halogenated alkanes) is 3. The molecule has 10 heteroatoms. The van der Waals surface area contributed by atoms with Crippen molar-refractivity contribution in [3.63, 3.8) is 0 Å². The average molecular weight is 610 g/mol. The van der Waals surface area contributed by atoms with Crippen LogP contribution in [0, 0.1) is 18.3 Å². The quantitative estimate of drug-likeness (QED) is 0.131. The zero-order chi connectivity index (χ0) is 32.2. The fourth-order valence-corrected chi connectivity index (χ4v) is 5.23. The summed E-state index contributed by atoms with van der Waals surface area (Å²) < 4.78 is 5.69. The van der Waals surface area contributed by atoms with E-state index in [0.717, 1.165) is 90.2 Å². The summed E-state index contributed by atoms with van der Waals surface area (Å²) in [4.78, 5) is 40.8. The van der Waals surface area contributed by atoms with Gasteiger partial charge in [0.2, 0.25) is 5.91 Å². The maximum Gasteiger partial charge on any atom is 0.223 e. The Morgan fingerprint density at radius 2 is 1.93 bits per heavy atom. The minimum absolute atomic E-state index is 0.125. The Morgan fingerprint density at radius 3 is 2.62 bits per heavy atom. The molecule has 0 aliphatic carbocycles. The van der Waals surface area contributed by atoms with Gasteiger partial charge in [-0.1, -0.05) is 31.8 Å². The first kappa shape index (κ1) is 33.1. The number of aromatic amines is 1. The van der Waals surface area contributed by atoms with Crippen LogP contribution in [0.15, 0.2) is 48.9 Å². The van der Waals surface area contributed by atoms with Crippen molar-refractivity contribution in [2.75, 3.05) is 32.6 Å². The molecule has 0 unspecified atom stereocenters. The van der Waals surface area contributed by atoms with E-state index in [9.17, 15) is 9.59 Å². The standard InChI is InChI=1S/C30H33N5O2.C5H10N2O/c1-4-21-11-10-12-23(15-21)35-30-26-17-22(28(37-3)18-27(26)32-20-33-30)16-24-19-31-29(34-24)14-9-7-6-8-13-25(36)5-2;1-7-2-4(3-7)5(6)8/h1,10-12,15,17-20H,5-9,13-14,16H2,2-3H3,(H,31,34)(H,32,33,35);4H,2-3H2,1H3,(H2,6,8). The molecule has 0 bridgehead atoms. The monoisotopic (exact) mass is 609 g/mol. The van der Waals surface area contributed by atoms with Gasteiger partial charge in [-0.15, -0.1) is 6.42 Å². The Bertz CT molecular complexity index is 1640. The number of H-pyrrole nitrogens is 1. The molecule has 1 fully saturated rings. The third-order valence-corrected chi connectivity index (χ3v) is 7.87. The van der Waals surface area contributed by atoms with Gasteiger partial charge in [-0.2, -0.15) is 0 Å². The van der Waals surface area contributed by atoms with Gasteiger partial charge < -0.3 is 25.7 Å². The van der Waals surface area contributed by atoms with Gasteiger partial charge in [0.05, 0.1) is 18.5 Å². The fraction of sp³-hybridized carbons (Fsp3) is 0.400. The molecule has 1 aliphatic heterocycles. The van der Waals surface area contributed by atoms with Crippen molar-refractivity contribution in [2.24, 2.45) is 11.7 Å². The van der Waals surface area contributed by atoms with E-state index in [1.54, 1.807) is 7.11 Å². The summed E-state index contributed by atoms with van der Waals surface area (Å²) in [6, 6.07) is 11.7. The molecule has 4 aromatic rings. The molecule has 2 aromatic heterocycles. The Kier molecular flexibility index (Phi) is 12.0. The van der Waals surface area contributed by atoms with Crippen LogP contribution in [-0.4, -0.2) is 63.8 Å². The molecule has 45 heavy (non-hydrogen) atoms. The number of nitrogens with two attached hydrogens (primary N) is 1. The van der Waals surface area contributed by atoms with Crippen molar-refractivity contribution >= 4 is 34.1 Å². The van der Waals surface area contributed by atoms with E-state index in [4.69, 9.17) is 16.9 Å². The number of ether oxygens (including phenoxy) is 1. The highest BCUT2D eigenvalue weighted by atomic mass is 16.5. The number of aryl methyl sites for hydroxylation is 1. The van der Waals surface area contributed by atoms with E-state index < -0.39 is 0 Å². The lowest BCUT2D eigenvalue weighted by atomic mass is 10.0. The summed E-state index contributed by atoms with van der Waals surface area (Å²) in [6.45, 7) is 3.61. The van der Waals surface area contributed by atoms with Crippen LogP contribution >= 0.6 is 0 Å². The second kappa shape index (κ2) is 16.4. The lowest BCUT2D eigenvalue weighted by molar-refractivity contribution is -0.126. The van der Waals surface area contributed by atoms with E-state index in [1.165, 1.54) is 6.33 Å². The van der Waals surface area contributed by atoms with Crippen LogP contribution in [0.5, 0.6) is 5.75 Å². The molecule has 1 aliphatic rings. The third-order valence-electron chi connectivity index (χ3n) is 7.87. The number of carbonyl (C=O) groups is 2. The van der Waals surface area contributed by atoms with E-state index in [0.29, 0.717) is 30.9 Å². The minimum atomic E-state index is -0.164. The second-order valence-corrected chi connectivity index (χ2v) is 11.4. The Labute approximate surface area is 265 Å². The van der Waals surface area contributed by atoms with Gasteiger partial charge in [0.1, 0.15) is 29.5 Å². The molecular formula is C35H43N7O3. The summed E-state index contributed by atoms with van der Waals surface area (Å²) in [5.74, 6) is 5.43. The normalized spacial score (nSPS) is 12.9. The molecule has 1 saturated heterocycles. The van der Waals surface area contributed by atoms with E-state index in [-0.39, 0.29) is 11.8 Å². The van der Waals surface area contributed by atoms with Gasteiger partial charge in [-0.05, 0) is 44.2 Å². The molecular weight excluding hydrogens is 566 g/mol. The van der Waals surface area contributed by atoms with Gasteiger partial charge in [-0.3, -0.25) is 9.59 Å². The van der Waals surface area contributed by atoms with E-state index in [2.05, 4.69) is 42.1 Å². The molecule has 0 saturated carbocycles. The number of likely N-dealkylation sites (tertiary alicyclic amines) is 1. The highest BCUT2D eigenvalue weighted by molar-refractivity contribution is 5.92. The molecule has 0 radical (unpaired) electrons. The van der Waals surface area contributed by atoms with Crippen LogP contribution in [0.1, 0.15) is 68.1 Å². The predicted octanol–water partition coefficient (Wildman–Crippen LogP) is 5.18. The molecule has 5 rings (SSSR count). The first-order valence-electron chi connectivity index (χ1n) is 15.5. The van der Waals surface area contributed by atoms with Crippen molar-refractivity contribution in [3.05, 3.63) is 71.6 Å². The maximum absolute atomic E-state index is 11.4. The van der Waals surface area contributed by atoms with Gasteiger partial charge in [0.25, 0.3) is 0 Å². The number of aromatic nitrogens is 4. The fourth-order valence-electron chi connectivity index (χ4n) is 5.23. The number of carbonyl (C=O) groups excluding carboxylic acids is 2. The number of ketones is 1. The number of amides is 1. The third kappa shape index (κ3) is 9.62. The number of hydrogen-bond acceptors (Lipinski definition) is 8. The number of anilines is 2. The first-order valence-corrected chi connectivity index (χ1v) is 15.5. The zero-order valence-electron chi connectivity index (χ0n) is 26.4. The number of terminal acetylenes is 1. The van der Waals surface area contributed by atoms with Crippen molar-refractivity contribution in [1.82, 2.24) is 24.8 Å². The van der Waals surface area contributed by atoms with Crippen LogP contribution in [0.25, 0.3) is 10.9 Å². The zero-order valence-corrected chi connectivity index (χ0v) is 26.4. The molecule has 0 spiro atoms. The predicted molar refractivity (Wildman–Crippen MR) is 177 cm³/mol. The molecule has 2 aromatic carbocycles. The Hall–Kier alpha value is -4.75. The number of hydrogen-bond donors (Lipinski definition) is 3. The number of primary amides is 1. The number of imidazole rings is 1. The van der Waals surface area contributed by atoms with Crippen LogP contribution < -0.4 is 15.8 Å². The van der Waals surface area contributed by atoms with Gasteiger partial charge >= 0.3 is 0 Å². The molecule has 1 amide bonds. The number of rotatable bonds is 14. The van der Waals surface area contributed by atoms with Gasteiger partial charge in [0.15, 0.2) is 0 Å². The Morgan fingerprint density at radius 1 is 1.13 bits per heavy atom. The number of fused-ring (bicyclic) bond motifs is 1. The van der Waals surface area contributed by atoms with Crippen LogP contribution in [-0.2, 0) is 22.4 Å². The second-order valence-electron chi connectivity index (χ2n) is 11.4. The number of methoxy groups -OCH3 is 1. The lowest BCUT2D eigenvalue weighted by Gasteiger charge is -2.33. The molecule has 10 nitrogen and oxygen atoms in total. The summed E-state index contributed by atoms with van der Waals surface area (Å²) >= 11 is 0. The first-order chi connectivity index (χ1) is 21.8. The van der Waals surface area contributed by atoms with Crippen LogP contribution in [0.4, 0.5) is 11.5 Å². The maximum atomic E-state index is 11.4. The van der Waals surface area contributed by atoms with Crippen molar-refractivity contribution < 1.29 is 14.3 Å². The van der Waals surface area contributed by atoms with Crippen molar-refractivity contribution in [1.29, 1.82) is 0 Å². The SMILES string of the molecule is C#Cc1cccc(Nc2ncnc3cc(OC)c(Cc4cnc(CCCCCCC(=O)CC)[nH]4)cc23)c1.CN1CC(C(N)=O)C1. The number of nitrogens with zero attached hydrogens (tertiary/aromatic N) is 4. The largest absolute Gasteiger partial charge is 0.496 e. The topological polar surface area (TPSA) is 139 Å². The summed E-state index contributed by atoms with van der Waals surface area (Å²) in [7, 11) is 3.64. The van der Waals surface area contributed by atoms with Crippen molar-refractivity contribution in [3.8, 4) is 18.1 Å². The number of nitrogens with one attached hydrogen (secondary N) is 2. The summed E-state index contributed by atoms with van der Waals surface area (Å²) in [6.07, 6.45) is 16.1. The van der Waals surface area contributed by atoms with E-state index >= 15 is 0 Å². The summed E-state index contributed by atoms with van der Waals surface area (Å²) in [5, 5.41) is 4.27. The molecule has 4 N–H and O–H groups in total. The molecule has 3 heterocycles. The number of Topliss-reactive ketones (excluding diaryl/α,β-unsaturated/α-hetero) is 1. The van der Waals surface area contributed by atoms with Gasteiger partial charge in [-0.25, -0.2) is 15.0 Å². The lowest BCUT2D eigenvalue weighted by Crippen LogP contribution is -2.50. The average Bonchev–Trinajstić information content (AvgIpc) is 3.48. The highest BCUT2D eigenvalue weighted by Crippen LogP contribution is 2.31. The summed E-state index contributed by atoms with van der Waals surface area (Å²) in [5.41, 5.74) is 9.48. The number of benzene rings is 2. The van der Waals surface area contributed by atoms with Crippen LogP contribution in [0.3, 0.4) is 0 Å². The minimum Gasteiger partial charge on any atom is -0.496 e. The van der Waals surface area contributed by atoms with Crippen LogP contribution in [0.2, 0.25) is 0 Å². The van der Waals surface area contributed by atoms with Gasteiger partial charge in [0, 0.05) is 78.9 Å². The molecule has 0 atom stereocenters.